The zero-order chi connectivity index (χ0) is 20.5. The number of Topliss-reactive ketones (excluding diaryl/α,β-unsaturated/α-hetero) is 1. The van der Waals surface area contributed by atoms with Gasteiger partial charge in [-0.2, -0.15) is 0 Å². The molecule has 7 heteroatoms. The maximum Gasteiger partial charge on any atom is 0.346 e. The summed E-state index contributed by atoms with van der Waals surface area (Å²) >= 11 is 0. The van der Waals surface area contributed by atoms with Gasteiger partial charge in [0.1, 0.15) is 11.6 Å². The Balaban J connectivity index is 1.81. The summed E-state index contributed by atoms with van der Waals surface area (Å²) < 4.78 is 18.1. The Morgan fingerprint density at radius 1 is 1.04 bits per heavy atom. The van der Waals surface area contributed by atoms with Crippen LogP contribution in [-0.2, 0) is 16.0 Å². The molecule has 1 unspecified atom stereocenters. The molecular formula is C21H22FNO5. The molecule has 2 rings (SSSR count). The molecule has 1 atom stereocenters. The van der Waals surface area contributed by atoms with Gasteiger partial charge in [0, 0.05) is 18.4 Å². The number of carboxylic acids is 1. The Labute approximate surface area is 162 Å². The molecule has 0 spiro atoms. The van der Waals surface area contributed by atoms with Gasteiger partial charge in [0.15, 0.2) is 5.78 Å². The average Bonchev–Trinajstić information content (AvgIpc) is 2.70. The number of hydrogen-bond donors (Lipinski definition) is 2. The largest absolute Gasteiger partial charge is 0.478 e. The molecule has 28 heavy (non-hydrogen) atoms. The predicted octanol–water partition coefficient (Wildman–Crippen LogP) is 3.00. The quantitative estimate of drug-likeness (QED) is 0.612. The fourth-order valence-corrected chi connectivity index (χ4v) is 2.45. The van der Waals surface area contributed by atoms with Gasteiger partial charge in [0.2, 0.25) is 12.0 Å². The second kappa shape index (κ2) is 10.2. The number of halogens is 1. The first-order valence-electron chi connectivity index (χ1n) is 8.93. The van der Waals surface area contributed by atoms with Gasteiger partial charge in [-0.25, -0.2) is 9.18 Å². The van der Waals surface area contributed by atoms with E-state index in [9.17, 15) is 23.9 Å². The van der Waals surface area contributed by atoms with E-state index in [4.69, 9.17) is 4.74 Å². The number of amides is 1. The van der Waals surface area contributed by atoms with E-state index in [1.54, 1.807) is 12.1 Å². The smallest absolute Gasteiger partial charge is 0.346 e. The number of ketones is 1. The molecule has 0 saturated carbocycles. The highest BCUT2D eigenvalue weighted by molar-refractivity contribution is 5.98. The highest BCUT2D eigenvalue weighted by atomic mass is 19.1. The first-order valence-corrected chi connectivity index (χ1v) is 8.93. The minimum Gasteiger partial charge on any atom is -0.478 e. The van der Waals surface area contributed by atoms with E-state index in [0.717, 1.165) is 24.1 Å². The Hall–Kier alpha value is -3.22. The van der Waals surface area contributed by atoms with Gasteiger partial charge in [-0.15, -0.1) is 0 Å². The Morgan fingerprint density at radius 3 is 2.25 bits per heavy atom. The van der Waals surface area contributed by atoms with Crippen LogP contribution in [-0.4, -0.2) is 35.4 Å². The maximum atomic E-state index is 12.9. The van der Waals surface area contributed by atoms with Gasteiger partial charge in [0.05, 0.1) is 6.54 Å². The third kappa shape index (κ3) is 6.50. The van der Waals surface area contributed by atoms with Crippen molar-refractivity contribution in [1.82, 2.24) is 5.32 Å². The van der Waals surface area contributed by atoms with Crippen LogP contribution in [0.1, 0.15) is 35.7 Å². The second-order valence-electron chi connectivity index (χ2n) is 6.18. The molecule has 148 valence electrons. The fourth-order valence-electron chi connectivity index (χ4n) is 2.45. The summed E-state index contributed by atoms with van der Waals surface area (Å²) in [5.41, 5.74) is 1.66. The SMILES string of the molecule is CCc1ccc(C(=O)CCC(=O)NCC(Oc2ccc(F)cc2)C(=O)O)cc1. The van der Waals surface area contributed by atoms with Gasteiger partial charge in [-0.1, -0.05) is 31.2 Å². The average molecular weight is 387 g/mol. The molecule has 0 aliphatic heterocycles. The number of nitrogens with one attached hydrogen (secondary N) is 1. The number of hydrogen-bond acceptors (Lipinski definition) is 4. The Bertz CT molecular complexity index is 818. The first-order chi connectivity index (χ1) is 13.4. The first kappa shape index (κ1) is 21.1. The van der Waals surface area contributed by atoms with Crippen molar-refractivity contribution in [2.45, 2.75) is 32.3 Å². The molecule has 0 bridgehead atoms. The van der Waals surface area contributed by atoms with Crippen LogP contribution in [0, 0.1) is 5.82 Å². The van der Waals surface area contributed by atoms with Crippen LogP contribution < -0.4 is 10.1 Å². The molecule has 0 aliphatic rings. The van der Waals surface area contributed by atoms with Crippen LogP contribution in [0.15, 0.2) is 48.5 Å². The monoisotopic (exact) mass is 387 g/mol. The van der Waals surface area contributed by atoms with E-state index in [0.29, 0.717) is 5.56 Å². The summed E-state index contributed by atoms with van der Waals surface area (Å²) in [6.45, 7) is 1.75. The summed E-state index contributed by atoms with van der Waals surface area (Å²) in [4.78, 5) is 35.4. The van der Waals surface area contributed by atoms with Gasteiger partial charge >= 0.3 is 5.97 Å². The molecule has 0 fully saturated rings. The van der Waals surface area contributed by atoms with E-state index < -0.39 is 23.8 Å². The highest BCUT2D eigenvalue weighted by Crippen LogP contribution is 2.13. The molecule has 0 heterocycles. The topological polar surface area (TPSA) is 92.7 Å². The molecule has 6 nitrogen and oxygen atoms in total. The molecule has 0 aliphatic carbocycles. The molecule has 2 aromatic rings. The highest BCUT2D eigenvalue weighted by Gasteiger charge is 2.20. The van der Waals surface area contributed by atoms with Gasteiger partial charge in [-0.3, -0.25) is 9.59 Å². The lowest BCUT2D eigenvalue weighted by Gasteiger charge is -2.15. The third-order valence-electron chi connectivity index (χ3n) is 4.12. The second-order valence-corrected chi connectivity index (χ2v) is 6.18. The van der Waals surface area contributed by atoms with Gasteiger partial charge < -0.3 is 15.2 Å². The lowest BCUT2D eigenvalue weighted by atomic mass is 10.0. The van der Waals surface area contributed by atoms with E-state index in [1.807, 2.05) is 19.1 Å². The number of benzene rings is 2. The van der Waals surface area contributed by atoms with Crippen molar-refractivity contribution in [3.05, 3.63) is 65.5 Å². The summed E-state index contributed by atoms with van der Waals surface area (Å²) in [7, 11) is 0. The van der Waals surface area contributed by atoms with Crippen LogP contribution in [0.2, 0.25) is 0 Å². The lowest BCUT2D eigenvalue weighted by molar-refractivity contribution is -0.145. The molecule has 2 aromatic carbocycles. The third-order valence-corrected chi connectivity index (χ3v) is 4.12. The van der Waals surface area contributed by atoms with Crippen molar-refractivity contribution in [2.75, 3.05) is 6.54 Å². The number of carboxylic acid groups (broad SMARTS) is 1. The van der Waals surface area contributed by atoms with Crippen LogP contribution in [0.5, 0.6) is 5.75 Å². The molecule has 0 aromatic heterocycles. The molecule has 0 saturated heterocycles. The number of aryl methyl sites for hydroxylation is 1. The summed E-state index contributed by atoms with van der Waals surface area (Å²) in [6.07, 6.45) is -0.487. The standard InChI is InChI=1S/C21H22FNO5/c1-2-14-3-5-15(6-4-14)18(24)11-12-20(25)23-13-19(21(26)27)28-17-9-7-16(22)8-10-17/h3-10,19H,2,11-13H2,1H3,(H,23,25)(H,26,27). The molecule has 1 amide bonds. The summed E-state index contributed by atoms with van der Waals surface area (Å²) in [6, 6.07) is 12.1. The predicted molar refractivity (Wildman–Crippen MR) is 101 cm³/mol. The fraction of sp³-hybridized carbons (Fsp3) is 0.286. The van der Waals surface area contributed by atoms with Crippen LogP contribution in [0.25, 0.3) is 0 Å². The van der Waals surface area contributed by atoms with Crippen molar-refractivity contribution in [1.29, 1.82) is 0 Å². The van der Waals surface area contributed by atoms with Crippen LogP contribution >= 0.6 is 0 Å². The minimum atomic E-state index is -1.33. The maximum absolute atomic E-state index is 12.9. The van der Waals surface area contributed by atoms with Crippen LogP contribution in [0.4, 0.5) is 4.39 Å². The molecule has 2 N–H and O–H groups in total. The number of carbonyl (C=O) groups excluding carboxylic acids is 2. The van der Waals surface area contributed by atoms with Crippen molar-refractivity contribution in [3.63, 3.8) is 0 Å². The van der Waals surface area contributed by atoms with Gasteiger partial charge in [0.25, 0.3) is 0 Å². The van der Waals surface area contributed by atoms with Crippen LogP contribution in [0.3, 0.4) is 0 Å². The van der Waals surface area contributed by atoms with Crippen molar-refractivity contribution in [3.8, 4) is 5.75 Å². The summed E-state index contributed by atoms with van der Waals surface area (Å²) in [5.74, 6) is -2.17. The number of aliphatic carboxylic acids is 1. The van der Waals surface area contributed by atoms with E-state index in [2.05, 4.69) is 5.32 Å². The van der Waals surface area contributed by atoms with Crippen molar-refractivity contribution < 1.29 is 28.6 Å². The number of rotatable bonds is 10. The zero-order valence-electron chi connectivity index (χ0n) is 15.5. The lowest BCUT2D eigenvalue weighted by Crippen LogP contribution is -2.40. The van der Waals surface area contributed by atoms with Crippen molar-refractivity contribution >= 4 is 17.7 Å². The Morgan fingerprint density at radius 2 is 1.68 bits per heavy atom. The zero-order valence-corrected chi connectivity index (χ0v) is 15.5. The summed E-state index contributed by atoms with van der Waals surface area (Å²) in [5, 5.41) is 11.7. The van der Waals surface area contributed by atoms with E-state index >= 15 is 0 Å². The van der Waals surface area contributed by atoms with E-state index in [-0.39, 0.29) is 30.9 Å². The normalized spacial score (nSPS) is 11.5. The minimum absolute atomic E-state index is 0.0217. The van der Waals surface area contributed by atoms with Gasteiger partial charge in [-0.05, 0) is 36.2 Å². The number of ether oxygens (including phenoxy) is 1. The van der Waals surface area contributed by atoms with E-state index in [1.165, 1.54) is 12.1 Å². The van der Waals surface area contributed by atoms with Crippen molar-refractivity contribution in [2.24, 2.45) is 0 Å². The molecular weight excluding hydrogens is 365 g/mol. The number of carbonyl (C=O) groups is 3. The Kier molecular flexibility index (Phi) is 7.68. The molecule has 0 radical (unpaired) electrons.